The number of likely N-dealkylation sites (N-methyl/N-ethyl adjacent to an activating group) is 1. The molecule has 6 heteroatoms. The van der Waals surface area contributed by atoms with Crippen molar-refractivity contribution in [1.82, 2.24) is 4.31 Å². The zero-order chi connectivity index (χ0) is 17.7. The predicted molar refractivity (Wildman–Crippen MR) is 92.4 cm³/mol. The Labute approximate surface area is 143 Å². The summed E-state index contributed by atoms with van der Waals surface area (Å²) >= 11 is 0. The van der Waals surface area contributed by atoms with Gasteiger partial charge in [-0.2, -0.15) is 9.57 Å². The van der Waals surface area contributed by atoms with Crippen molar-refractivity contribution in [3.63, 3.8) is 0 Å². The topological polar surface area (TPSA) is 70.4 Å². The minimum Gasteiger partial charge on any atom is -0.492 e. The van der Waals surface area contributed by atoms with Crippen LogP contribution in [0.2, 0.25) is 0 Å². The van der Waals surface area contributed by atoms with Gasteiger partial charge in [-0.3, -0.25) is 0 Å². The number of nitrogens with zero attached hydrogens (tertiary/aromatic N) is 2. The second-order valence-corrected chi connectivity index (χ2v) is 7.62. The minimum atomic E-state index is -3.72. The van der Waals surface area contributed by atoms with E-state index in [-0.39, 0.29) is 23.6 Å². The minimum absolute atomic E-state index is 0.0152. The zero-order valence-electron chi connectivity index (χ0n) is 14.0. The van der Waals surface area contributed by atoms with Crippen molar-refractivity contribution in [2.75, 3.05) is 20.2 Å². The summed E-state index contributed by atoms with van der Waals surface area (Å²) in [4.78, 5) is 0.0152. The van der Waals surface area contributed by atoms with Gasteiger partial charge in [0.15, 0.2) is 0 Å². The SMILES string of the molecule is Cc1cc(C)cc(OCCN(C)S(=O)(=O)c2ccccc2C#N)c1. The molecule has 0 bridgehead atoms. The van der Waals surface area contributed by atoms with Crippen molar-refractivity contribution in [2.45, 2.75) is 18.7 Å². The molecule has 0 atom stereocenters. The van der Waals surface area contributed by atoms with Gasteiger partial charge in [-0.25, -0.2) is 8.42 Å². The fraction of sp³-hybridized carbons (Fsp3) is 0.278. The molecule has 0 aliphatic rings. The Morgan fingerprint density at radius 1 is 1.12 bits per heavy atom. The first-order valence-corrected chi connectivity index (χ1v) is 8.95. The van der Waals surface area contributed by atoms with Gasteiger partial charge in [-0.05, 0) is 49.2 Å². The van der Waals surface area contributed by atoms with Crippen LogP contribution in [0.1, 0.15) is 16.7 Å². The first-order chi connectivity index (χ1) is 11.3. The molecule has 0 aliphatic heterocycles. The Bertz CT molecular complexity index is 850. The largest absolute Gasteiger partial charge is 0.492 e. The van der Waals surface area contributed by atoms with E-state index in [0.29, 0.717) is 0 Å². The van der Waals surface area contributed by atoms with Gasteiger partial charge in [-0.15, -0.1) is 0 Å². The molecule has 0 saturated carbocycles. The van der Waals surface area contributed by atoms with Gasteiger partial charge in [-0.1, -0.05) is 18.2 Å². The van der Waals surface area contributed by atoms with E-state index in [2.05, 4.69) is 0 Å². The number of aryl methyl sites for hydroxylation is 2. The molecule has 0 aromatic heterocycles. The summed E-state index contributed by atoms with van der Waals surface area (Å²) in [7, 11) is -2.24. The van der Waals surface area contributed by atoms with Crippen LogP contribution in [-0.2, 0) is 10.0 Å². The van der Waals surface area contributed by atoms with Crippen LogP contribution in [0.25, 0.3) is 0 Å². The van der Waals surface area contributed by atoms with Crippen molar-refractivity contribution in [1.29, 1.82) is 5.26 Å². The molecule has 0 N–H and O–H groups in total. The normalized spacial score (nSPS) is 11.3. The number of sulfonamides is 1. The average molecular weight is 344 g/mol. The van der Waals surface area contributed by atoms with E-state index in [1.807, 2.05) is 38.1 Å². The number of ether oxygens (including phenoxy) is 1. The Hall–Kier alpha value is -2.36. The van der Waals surface area contributed by atoms with E-state index in [0.717, 1.165) is 16.9 Å². The number of benzene rings is 2. The van der Waals surface area contributed by atoms with E-state index in [4.69, 9.17) is 10.00 Å². The van der Waals surface area contributed by atoms with E-state index in [9.17, 15) is 8.42 Å². The summed E-state index contributed by atoms with van der Waals surface area (Å²) in [5.74, 6) is 0.718. The van der Waals surface area contributed by atoms with Crippen LogP contribution in [0, 0.1) is 25.2 Å². The Morgan fingerprint density at radius 3 is 2.38 bits per heavy atom. The molecule has 2 aromatic carbocycles. The molecule has 24 heavy (non-hydrogen) atoms. The molecule has 0 amide bonds. The first-order valence-electron chi connectivity index (χ1n) is 7.51. The van der Waals surface area contributed by atoms with E-state index >= 15 is 0 Å². The van der Waals surface area contributed by atoms with Gasteiger partial charge in [0.25, 0.3) is 0 Å². The maximum atomic E-state index is 12.6. The first kappa shape index (κ1) is 18.0. The molecule has 2 rings (SSSR count). The number of hydrogen-bond donors (Lipinski definition) is 0. The van der Waals surface area contributed by atoms with Crippen LogP contribution in [0.5, 0.6) is 5.75 Å². The lowest BCUT2D eigenvalue weighted by molar-refractivity contribution is 0.286. The van der Waals surface area contributed by atoms with Crippen molar-refractivity contribution in [3.8, 4) is 11.8 Å². The molecular weight excluding hydrogens is 324 g/mol. The highest BCUT2D eigenvalue weighted by Crippen LogP contribution is 2.19. The summed E-state index contributed by atoms with van der Waals surface area (Å²) in [5.41, 5.74) is 2.32. The second-order valence-electron chi connectivity index (χ2n) is 5.61. The highest BCUT2D eigenvalue weighted by Gasteiger charge is 2.23. The fourth-order valence-electron chi connectivity index (χ4n) is 2.38. The summed E-state index contributed by atoms with van der Waals surface area (Å²) in [5, 5.41) is 9.08. The number of hydrogen-bond acceptors (Lipinski definition) is 4. The lowest BCUT2D eigenvalue weighted by Gasteiger charge is -2.18. The van der Waals surface area contributed by atoms with Crippen LogP contribution in [0.4, 0.5) is 0 Å². The molecule has 0 aliphatic carbocycles. The lowest BCUT2D eigenvalue weighted by Crippen LogP contribution is -2.31. The van der Waals surface area contributed by atoms with E-state index in [1.165, 1.54) is 23.5 Å². The third-order valence-electron chi connectivity index (χ3n) is 3.57. The summed E-state index contributed by atoms with van der Waals surface area (Å²) in [6.45, 7) is 4.38. The Kier molecular flexibility index (Phi) is 5.60. The molecule has 0 unspecified atom stereocenters. The van der Waals surface area contributed by atoms with Crippen LogP contribution in [-0.4, -0.2) is 32.9 Å². The van der Waals surface area contributed by atoms with Crippen LogP contribution in [0.15, 0.2) is 47.4 Å². The van der Waals surface area contributed by atoms with Crippen molar-refractivity contribution < 1.29 is 13.2 Å². The quantitative estimate of drug-likeness (QED) is 0.808. The number of rotatable bonds is 6. The highest BCUT2D eigenvalue weighted by atomic mass is 32.2. The molecule has 2 aromatic rings. The smallest absolute Gasteiger partial charge is 0.244 e. The Morgan fingerprint density at radius 2 is 1.75 bits per heavy atom. The summed E-state index contributed by atoms with van der Waals surface area (Å²) in [6, 6.07) is 14.0. The predicted octanol–water partition coefficient (Wildman–Crippen LogP) is 2.87. The van der Waals surface area contributed by atoms with Gasteiger partial charge in [0.2, 0.25) is 10.0 Å². The maximum absolute atomic E-state index is 12.6. The molecule has 0 fully saturated rings. The zero-order valence-corrected chi connectivity index (χ0v) is 14.8. The molecule has 0 spiro atoms. The lowest BCUT2D eigenvalue weighted by atomic mass is 10.1. The second kappa shape index (κ2) is 7.47. The van der Waals surface area contributed by atoms with Crippen molar-refractivity contribution in [2.24, 2.45) is 0 Å². The van der Waals surface area contributed by atoms with Crippen LogP contribution < -0.4 is 4.74 Å². The third-order valence-corrected chi connectivity index (χ3v) is 5.48. The van der Waals surface area contributed by atoms with E-state index in [1.54, 1.807) is 12.1 Å². The molecule has 0 radical (unpaired) electrons. The van der Waals surface area contributed by atoms with Gasteiger partial charge >= 0.3 is 0 Å². The summed E-state index contributed by atoms with van der Waals surface area (Å²) < 4.78 is 32.0. The fourth-order valence-corrected chi connectivity index (χ4v) is 3.67. The van der Waals surface area contributed by atoms with Gasteiger partial charge in [0.1, 0.15) is 18.4 Å². The highest BCUT2D eigenvalue weighted by molar-refractivity contribution is 7.89. The van der Waals surface area contributed by atoms with Crippen molar-refractivity contribution in [3.05, 3.63) is 59.2 Å². The van der Waals surface area contributed by atoms with Gasteiger partial charge in [0, 0.05) is 13.6 Å². The van der Waals surface area contributed by atoms with Gasteiger partial charge < -0.3 is 4.74 Å². The van der Waals surface area contributed by atoms with Gasteiger partial charge in [0.05, 0.1) is 10.5 Å². The maximum Gasteiger partial charge on any atom is 0.244 e. The molecule has 5 nitrogen and oxygen atoms in total. The Balaban J connectivity index is 2.06. The molecule has 126 valence electrons. The standard InChI is InChI=1S/C18H20N2O3S/c1-14-10-15(2)12-17(11-14)23-9-8-20(3)24(21,22)18-7-5-4-6-16(18)13-19/h4-7,10-12H,8-9H2,1-3H3. The summed E-state index contributed by atoms with van der Waals surface area (Å²) in [6.07, 6.45) is 0. The third kappa shape index (κ3) is 4.13. The van der Waals surface area contributed by atoms with Crippen molar-refractivity contribution >= 4 is 10.0 Å². The molecule has 0 saturated heterocycles. The molecule has 0 heterocycles. The van der Waals surface area contributed by atoms with Crippen LogP contribution in [0.3, 0.4) is 0 Å². The number of nitriles is 1. The monoisotopic (exact) mass is 344 g/mol. The van der Waals surface area contributed by atoms with E-state index < -0.39 is 10.0 Å². The average Bonchev–Trinajstić information content (AvgIpc) is 2.53. The van der Waals surface area contributed by atoms with Crippen LogP contribution >= 0.6 is 0 Å². The molecular formula is C18H20N2O3S.